The van der Waals surface area contributed by atoms with Crippen LogP contribution in [0.25, 0.3) is 0 Å². The molecule has 0 radical (unpaired) electrons. The largest absolute Gasteiger partial charge is 0.481 e. The molecule has 2 fully saturated rings. The van der Waals surface area contributed by atoms with Gasteiger partial charge < -0.3 is 15.3 Å². The number of piperidine rings is 1. The summed E-state index contributed by atoms with van der Waals surface area (Å²) in [6.07, 6.45) is 2.99. The molecular formula is C15H26N2O3. The highest BCUT2D eigenvalue weighted by Crippen LogP contribution is 2.36. The van der Waals surface area contributed by atoms with E-state index in [1.807, 2.05) is 6.92 Å². The topological polar surface area (TPSA) is 69.6 Å². The molecule has 0 aromatic heterocycles. The fourth-order valence-electron chi connectivity index (χ4n) is 3.66. The van der Waals surface area contributed by atoms with Gasteiger partial charge in [-0.3, -0.25) is 9.59 Å². The van der Waals surface area contributed by atoms with Crippen LogP contribution in [-0.4, -0.2) is 48.1 Å². The van der Waals surface area contributed by atoms with Gasteiger partial charge in [-0.05, 0) is 31.7 Å². The Hall–Kier alpha value is -1.10. The Kier molecular flexibility index (Phi) is 4.68. The standard InChI is InChI=1S/C15H26N2O3/c1-3-5-15(14(19)20)6-4-7-17(10-15)13(18)12-9-16-8-11(12)2/h11-12,16H,3-10H2,1-2H3,(H,19,20). The monoisotopic (exact) mass is 282 g/mol. The minimum absolute atomic E-state index is 0.0150. The molecule has 5 nitrogen and oxygen atoms in total. The first kappa shape index (κ1) is 15.3. The minimum Gasteiger partial charge on any atom is -0.481 e. The van der Waals surface area contributed by atoms with Crippen LogP contribution < -0.4 is 5.32 Å². The lowest BCUT2D eigenvalue weighted by molar-refractivity contribution is -0.156. The average molecular weight is 282 g/mol. The van der Waals surface area contributed by atoms with Crippen molar-refractivity contribution in [2.24, 2.45) is 17.3 Å². The summed E-state index contributed by atoms with van der Waals surface area (Å²) in [5.74, 6) is -0.241. The molecule has 0 aliphatic carbocycles. The Morgan fingerprint density at radius 2 is 2.15 bits per heavy atom. The number of nitrogens with one attached hydrogen (secondary N) is 1. The number of carbonyl (C=O) groups is 2. The van der Waals surface area contributed by atoms with Crippen molar-refractivity contribution >= 4 is 11.9 Å². The summed E-state index contributed by atoms with van der Waals surface area (Å²) >= 11 is 0. The van der Waals surface area contributed by atoms with Gasteiger partial charge in [-0.2, -0.15) is 0 Å². The van der Waals surface area contributed by atoms with E-state index in [1.54, 1.807) is 4.90 Å². The van der Waals surface area contributed by atoms with Crippen molar-refractivity contribution in [3.63, 3.8) is 0 Å². The fraction of sp³-hybridized carbons (Fsp3) is 0.867. The quantitative estimate of drug-likeness (QED) is 0.816. The van der Waals surface area contributed by atoms with Gasteiger partial charge in [-0.25, -0.2) is 0 Å². The molecule has 114 valence electrons. The number of carboxylic acid groups (broad SMARTS) is 1. The van der Waals surface area contributed by atoms with Crippen LogP contribution in [0.2, 0.25) is 0 Å². The zero-order valence-corrected chi connectivity index (χ0v) is 12.5. The molecule has 1 amide bonds. The molecule has 20 heavy (non-hydrogen) atoms. The Morgan fingerprint density at radius 3 is 2.70 bits per heavy atom. The molecular weight excluding hydrogens is 256 g/mol. The van der Waals surface area contributed by atoms with E-state index in [2.05, 4.69) is 12.2 Å². The molecule has 0 bridgehead atoms. The highest BCUT2D eigenvalue weighted by Gasteiger charge is 2.44. The predicted molar refractivity (Wildman–Crippen MR) is 76.3 cm³/mol. The fourth-order valence-corrected chi connectivity index (χ4v) is 3.66. The van der Waals surface area contributed by atoms with Crippen LogP contribution in [0.4, 0.5) is 0 Å². The molecule has 2 N–H and O–H groups in total. The van der Waals surface area contributed by atoms with Gasteiger partial charge in [0, 0.05) is 19.6 Å². The van der Waals surface area contributed by atoms with Crippen LogP contribution in [0, 0.1) is 17.3 Å². The maximum absolute atomic E-state index is 12.6. The smallest absolute Gasteiger partial charge is 0.311 e. The zero-order valence-electron chi connectivity index (χ0n) is 12.5. The van der Waals surface area contributed by atoms with Gasteiger partial charge in [0.1, 0.15) is 0 Å². The Balaban J connectivity index is 2.09. The number of rotatable bonds is 4. The minimum atomic E-state index is -0.741. The number of amides is 1. The molecule has 5 heteroatoms. The van der Waals surface area contributed by atoms with Crippen LogP contribution in [0.1, 0.15) is 39.5 Å². The number of nitrogens with zero attached hydrogens (tertiary/aromatic N) is 1. The molecule has 0 aromatic carbocycles. The number of carboxylic acids is 1. The van der Waals surface area contributed by atoms with Crippen molar-refractivity contribution in [1.82, 2.24) is 10.2 Å². The molecule has 0 spiro atoms. The highest BCUT2D eigenvalue weighted by atomic mass is 16.4. The summed E-state index contributed by atoms with van der Waals surface area (Å²) in [5.41, 5.74) is -0.724. The third kappa shape index (κ3) is 2.82. The molecule has 0 saturated carbocycles. The zero-order chi connectivity index (χ0) is 14.8. The first-order chi connectivity index (χ1) is 9.50. The van der Waals surface area contributed by atoms with E-state index in [9.17, 15) is 14.7 Å². The van der Waals surface area contributed by atoms with Gasteiger partial charge in [0.25, 0.3) is 0 Å². The Bertz CT molecular complexity index is 381. The van der Waals surface area contributed by atoms with E-state index in [-0.39, 0.29) is 11.8 Å². The van der Waals surface area contributed by atoms with Gasteiger partial charge >= 0.3 is 5.97 Å². The highest BCUT2D eigenvalue weighted by molar-refractivity contribution is 5.82. The molecule has 2 heterocycles. The maximum Gasteiger partial charge on any atom is 0.311 e. The van der Waals surface area contributed by atoms with Gasteiger partial charge in [-0.1, -0.05) is 20.3 Å². The first-order valence-electron chi connectivity index (χ1n) is 7.73. The predicted octanol–water partition coefficient (Wildman–Crippen LogP) is 1.34. The van der Waals surface area contributed by atoms with E-state index >= 15 is 0 Å². The second kappa shape index (κ2) is 6.12. The summed E-state index contributed by atoms with van der Waals surface area (Å²) in [4.78, 5) is 26.1. The third-order valence-corrected chi connectivity index (χ3v) is 4.91. The SMILES string of the molecule is CCCC1(C(=O)O)CCCN(C(=O)C2CNCC2C)C1. The van der Waals surface area contributed by atoms with Gasteiger partial charge in [-0.15, -0.1) is 0 Å². The first-order valence-corrected chi connectivity index (χ1v) is 7.73. The number of aliphatic carboxylic acids is 1. The molecule has 2 saturated heterocycles. The Labute approximate surface area is 120 Å². The molecule has 2 rings (SSSR count). The second-order valence-corrected chi connectivity index (χ2v) is 6.44. The van der Waals surface area contributed by atoms with Gasteiger partial charge in [0.15, 0.2) is 0 Å². The van der Waals surface area contributed by atoms with Crippen LogP contribution in [0.5, 0.6) is 0 Å². The van der Waals surface area contributed by atoms with Gasteiger partial charge in [0.05, 0.1) is 11.3 Å². The summed E-state index contributed by atoms with van der Waals surface area (Å²) in [5, 5.41) is 12.8. The van der Waals surface area contributed by atoms with Crippen molar-refractivity contribution in [2.75, 3.05) is 26.2 Å². The normalized spacial score (nSPS) is 34.2. The maximum atomic E-state index is 12.6. The van der Waals surface area contributed by atoms with E-state index in [0.29, 0.717) is 31.8 Å². The lowest BCUT2D eigenvalue weighted by Crippen LogP contribution is -2.52. The Morgan fingerprint density at radius 1 is 1.40 bits per heavy atom. The van der Waals surface area contributed by atoms with Crippen molar-refractivity contribution in [3.05, 3.63) is 0 Å². The third-order valence-electron chi connectivity index (χ3n) is 4.91. The number of hydrogen-bond donors (Lipinski definition) is 2. The van der Waals surface area contributed by atoms with E-state index in [0.717, 1.165) is 25.9 Å². The summed E-state index contributed by atoms with van der Waals surface area (Å²) in [6.45, 7) is 6.80. The van der Waals surface area contributed by atoms with Crippen LogP contribution in [0.15, 0.2) is 0 Å². The van der Waals surface area contributed by atoms with Crippen molar-refractivity contribution in [1.29, 1.82) is 0 Å². The van der Waals surface area contributed by atoms with Crippen molar-refractivity contribution < 1.29 is 14.7 Å². The summed E-state index contributed by atoms with van der Waals surface area (Å²) < 4.78 is 0. The molecule has 2 aliphatic heterocycles. The van der Waals surface area contributed by atoms with Crippen LogP contribution in [-0.2, 0) is 9.59 Å². The van der Waals surface area contributed by atoms with E-state index in [1.165, 1.54) is 0 Å². The lowest BCUT2D eigenvalue weighted by atomic mass is 9.76. The number of likely N-dealkylation sites (tertiary alicyclic amines) is 1. The molecule has 0 aromatic rings. The molecule has 3 unspecified atom stereocenters. The van der Waals surface area contributed by atoms with Gasteiger partial charge in [0.2, 0.25) is 5.91 Å². The second-order valence-electron chi connectivity index (χ2n) is 6.44. The lowest BCUT2D eigenvalue weighted by Gasteiger charge is -2.41. The van der Waals surface area contributed by atoms with E-state index in [4.69, 9.17) is 0 Å². The van der Waals surface area contributed by atoms with E-state index < -0.39 is 11.4 Å². The van der Waals surface area contributed by atoms with Crippen LogP contribution in [0.3, 0.4) is 0 Å². The van der Waals surface area contributed by atoms with Crippen LogP contribution >= 0.6 is 0 Å². The average Bonchev–Trinajstić information content (AvgIpc) is 2.84. The van der Waals surface area contributed by atoms with Crippen molar-refractivity contribution in [2.45, 2.75) is 39.5 Å². The van der Waals surface area contributed by atoms with Crippen molar-refractivity contribution in [3.8, 4) is 0 Å². The number of hydrogen-bond acceptors (Lipinski definition) is 3. The molecule has 3 atom stereocenters. The molecule has 2 aliphatic rings. The number of carbonyl (C=O) groups excluding carboxylic acids is 1. The summed E-state index contributed by atoms with van der Waals surface area (Å²) in [6, 6.07) is 0. The summed E-state index contributed by atoms with van der Waals surface area (Å²) in [7, 11) is 0.